The zero-order valence-electron chi connectivity index (χ0n) is 12.2. The van der Waals surface area contributed by atoms with Crippen LogP contribution in [0.5, 0.6) is 0 Å². The Hall–Kier alpha value is -1.31. The van der Waals surface area contributed by atoms with Gasteiger partial charge in [0.15, 0.2) is 0 Å². The summed E-state index contributed by atoms with van der Waals surface area (Å²) in [5.41, 5.74) is 1.36. The molecule has 4 heteroatoms. The number of benzene rings is 1. The Kier molecular flexibility index (Phi) is 3.46. The van der Waals surface area contributed by atoms with Crippen LogP contribution in [-0.2, 0) is 9.31 Å². The highest BCUT2D eigenvalue weighted by Crippen LogP contribution is 2.36. The van der Waals surface area contributed by atoms with Crippen LogP contribution in [-0.4, -0.2) is 18.3 Å². The zero-order chi connectivity index (χ0) is 14.3. The first kappa shape index (κ1) is 14.1. The molecule has 0 aliphatic carbocycles. The average molecular weight is 257 g/mol. The van der Waals surface area contributed by atoms with Gasteiger partial charge in [0.25, 0.3) is 0 Å². The van der Waals surface area contributed by atoms with Gasteiger partial charge in [-0.3, -0.25) is 0 Å². The van der Waals surface area contributed by atoms with Crippen molar-refractivity contribution in [2.75, 3.05) is 0 Å². The van der Waals surface area contributed by atoms with Crippen molar-refractivity contribution < 1.29 is 9.31 Å². The van der Waals surface area contributed by atoms with E-state index in [1.165, 1.54) is 0 Å². The third-order valence-corrected chi connectivity index (χ3v) is 4.16. The number of nitriles is 1. The summed E-state index contributed by atoms with van der Waals surface area (Å²) in [6, 6.07) is 10.1. The van der Waals surface area contributed by atoms with E-state index < -0.39 is 0 Å². The summed E-state index contributed by atoms with van der Waals surface area (Å²) in [5.74, 6) is -0.0904. The van der Waals surface area contributed by atoms with Crippen LogP contribution in [0.25, 0.3) is 0 Å². The van der Waals surface area contributed by atoms with Gasteiger partial charge in [-0.1, -0.05) is 24.3 Å². The van der Waals surface area contributed by atoms with E-state index in [9.17, 15) is 0 Å². The van der Waals surface area contributed by atoms with E-state index in [1.54, 1.807) is 0 Å². The molecule has 0 bridgehead atoms. The summed E-state index contributed by atoms with van der Waals surface area (Å²) in [7, 11) is -0.337. The molecule has 1 saturated heterocycles. The minimum absolute atomic E-state index is 0.0904. The lowest BCUT2D eigenvalue weighted by Gasteiger charge is -2.32. The van der Waals surface area contributed by atoms with Gasteiger partial charge < -0.3 is 9.31 Å². The van der Waals surface area contributed by atoms with Crippen LogP contribution < -0.4 is 5.46 Å². The monoisotopic (exact) mass is 257 g/mol. The van der Waals surface area contributed by atoms with E-state index >= 15 is 0 Å². The molecule has 1 aliphatic heterocycles. The summed E-state index contributed by atoms with van der Waals surface area (Å²) < 4.78 is 12.0. The Balaban J connectivity index is 2.19. The highest BCUT2D eigenvalue weighted by Gasteiger charge is 2.51. The van der Waals surface area contributed by atoms with E-state index in [0.717, 1.165) is 11.0 Å². The summed E-state index contributed by atoms with van der Waals surface area (Å²) >= 11 is 0. The van der Waals surface area contributed by atoms with Gasteiger partial charge in [-0.2, -0.15) is 5.26 Å². The van der Waals surface area contributed by atoms with Crippen LogP contribution >= 0.6 is 0 Å². The van der Waals surface area contributed by atoms with Crippen LogP contribution in [0, 0.1) is 11.3 Å². The van der Waals surface area contributed by atoms with Gasteiger partial charge in [0.2, 0.25) is 0 Å². The Bertz CT molecular complexity index is 486. The summed E-state index contributed by atoms with van der Waals surface area (Å²) in [6.45, 7) is 10.1. The van der Waals surface area contributed by atoms with Gasteiger partial charge in [0.1, 0.15) is 0 Å². The maximum absolute atomic E-state index is 8.91. The first-order chi connectivity index (χ1) is 8.77. The second kappa shape index (κ2) is 4.66. The highest BCUT2D eigenvalue weighted by atomic mass is 16.7. The molecule has 2 rings (SSSR count). The van der Waals surface area contributed by atoms with E-state index in [4.69, 9.17) is 14.6 Å². The summed E-state index contributed by atoms with van der Waals surface area (Å²) in [4.78, 5) is 0. The first-order valence-corrected chi connectivity index (χ1v) is 6.62. The third-order valence-electron chi connectivity index (χ3n) is 4.16. The first-order valence-electron chi connectivity index (χ1n) is 6.62. The van der Waals surface area contributed by atoms with Crippen molar-refractivity contribution in [3.8, 4) is 6.07 Å². The molecule has 1 fully saturated rings. The van der Waals surface area contributed by atoms with Crippen LogP contribution in [0.1, 0.15) is 46.1 Å². The molecular weight excluding hydrogens is 237 g/mol. The molecule has 1 aromatic rings. The molecule has 0 saturated carbocycles. The van der Waals surface area contributed by atoms with Gasteiger partial charge in [-0.25, -0.2) is 0 Å². The van der Waals surface area contributed by atoms with Crippen LogP contribution in [0.2, 0.25) is 0 Å². The number of hydrogen-bond acceptors (Lipinski definition) is 3. The third kappa shape index (κ3) is 2.54. The molecule has 0 aromatic heterocycles. The second-order valence-corrected chi connectivity index (χ2v) is 6.11. The van der Waals surface area contributed by atoms with Crippen molar-refractivity contribution in [3.05, 3.63) is 29.8 Å². The predicted molar refractivity (Wildman–Crippen MR) is 76.2 cm³/mol. The molecule has 1 atom stereocenters. The SMILES string of the molecule is C[C@@H](C#N)c1ccc(B2OC(C)(C)C(C)(C)O2)cc1. The highest BCUT2D eigenvalue weighted by molar-refractivity contribution is 6.62. The molecule has 0 radical (unpaired) electrons. The molecule has 19 heavy (non-hydrogen) atoms. The Morgan fingerprint density at radius 3 is 1.95 bits per heavy atom. The maximum atomic E-state index is 8.91. The Labute approximate surface area is 115 Å². The Morgan fingerprint density at radius 1 is 1.05 bits per heavy atom. The number of rotatable bonds is 2. The van der Waals surface area contributed by atoms with Crippen molar-refractivity contribution in [3.63, 3.8) is 0 Å². The molecular formula is C15H20BNO2. The van der Waals surface area contributed by atoms with Crippen LogP contribution in [0.15, 0.2) is 24.3 Å². The van der Waals surface area contributed by atoms with Crippen LogP contribution in [0.3, 0.4) is 0 Å². The molecule has 100 valence electrons. The molecule has 1 aromatic carbocycles. The predicted octanol–water partition coefficient (Wildman–Crippen LogP) is 2.61. The Morgan fingerprint density at radius 2 is 1.53 bits per heavy atom. The molecule has 0 amide bonds. The number of nitrogens with zero attached hydrogens (tertiary/aromatic N) is 1. The van der Waals surface area contributed by atoms with E-state index in [0.29, 0.717) is 0 Å². The van der Waals surface area contributed by atoms with Crippen molar-refractivity contribution in [1.82, 2.24) is 0 Å². The quantitative estimate of drug-likeness (QED) is 0.765. The number of hydrogen-bond donors (Lipinski definition) is 0. The van der Waals surface area contributed by atoms with Gasteiger partial charge in [-0.15, -0.1) is 0 Å². The molecule has 1 aliphatic rings. The molecule has 0 unspecified atom stereocenters. The summed E-state index contributed by atoms with van der Waals surface area (Å²) in [5, 5.41) is 8.91. The smallest absolute Gasteiger partial charge is 0.399 e. The van der Waals surface area contributed by atoms with Crippen molar-refractivity contribution in [2.45, 2.75) is 51.7 Å². The van der Waals surface area contributed by atoms with Crippen molar-refractivity contribution in [2.24, 2.45) is 0 Å². The lowest BCUT2D eigenvalue weighted by atomic mass is 9.78. The molecule has 0 spiro atoms. The average Bonchev–Trinajstić information content (AvgIpc) is 2.58. The second-order valence-electron chi connectivity index (χ2n) is 6.11. The largest absolute Gasteiger partial charge is 0.494 e. The minimum atomic E-state index is -0.337. The van der Waals surface area contributed by atoms with E-state index in [1.807, 2.05) is 58.9 Å². The maximum Gasteiger partial charge on any atom is 0.494 e. The summed E-state index contributed by atoms with van der Waals surface area (Å²) in [6.07, 6.45) is 0. The van der Waals surface area contributed by atoms with Gasteiger partial charge in [0, 0.05) is 0 Å². The lowest BCUT2D eigenvalue weighted by molar-refractivity contribution is 0.00578. The standard InChI is InChI=1S/C15H20BNO2/c1-11(10-17)12-6-8-13(9-7-12)16-18-14(2,3)15(4,5)19-16/h6-9,11H,1-5H3/t11-/m0/s1. The molecule has 1 heterocycles. The fourth-order valence-corrected chi connectivity index (χ4v) is 2.00. The normalized spacial score (nSPS) is 22.0. The molecule has 3 nitrogen and oxygen atoms in total. The topological polar surface area (TPSA) is 42.2 Å². The van der Waals surface area contributed by atoms with Crippen molar-refractivity contribution in [1.29, 1.82) is 5.26 Å². The van der Waals surface area contributed by atoms with Gasteiger partial charge in [-0.05, 0) is 45.6 Å². The minimum Gasteiger partial charge on any atom is -0.399 e. The molecule has 0 N–H and O–H groups in total. The van der Waals surface area contributed by atoms with Gasteiger partial charge in [0.05, 0.1) is 23.2 Å². The van der Waals surface area contributed by atoms with Crippen LogP contribution in [0.4, 0.5) is 0 Å². The lowest BCUT2D eigenvalue weighted by Crippen LogP contribution is -2.41. The van der Waals surface area contributed by atoms with E-state index in [2.05, 4.69) is 6.07 Å². The zero-order valence-corrected chi connectivity index (χ0v) is 12.2. The van der Waals surface area contributed by atoms with Gasteiger partial charge >= 0.3 is 7.12 Å². The van der Waals surface area contributed by atoms with Crippen molar-refractivity contribution >= 4 is 12.6 Å². The van der Waals surface area contributed by atoms with E-state index in [-0.39, 0.29) is 24.2 Å². The fourth-order valence-electron chi connectivity index (χ4n) is 2.00. The fraction of sp³-hybridized carbons (Fsp3) is 0.533.